The van der Waals surface area contributed by atoms with Crippen molar-refractivity contribution in [2.45, 2.75) is 6.92 Å². The summed E-state index contributed by atoms with van der Waals surface area (Å²) in [5, 5.41) is 0. The average Bonchev–Trinajstić information content (AvgIpc) is 2.31. The minimum absolute atomic E-state index is 0.0307. The number of carbonyl (C=O) groups excluding carboxylic acids is 1. The van der Waals surface area contributed by atoms with Crippen LogP contribution in [-0.2, 0) is 9.84 Å². The number of aldehydes is 1. The first-order valence-corrected chi connectivity index (χ1v) is 6.88. The Morgan fingerprint density at radius 2 is 2.12 bits per heavy atom. The fourth-order valence-electron chi connectivity index (χ4n) is 1.13. The maximum atomic E-state index is 13.3. The zero-order chi connectivity index (χ0) is 12.9. The molecule has 0 aliphatic carbocycles. The van der Waals surface area contributed by atoms with Gasteiger partial charge in [0.15, 0.2) is 21.4 Å². The molecule has 17 heavy (non-hydrogen) atoms. The first-order chi connectivity index (χ1) is 7.98. The van der Waals surface area contributed by atoms with Gasteiger partial charge in [-0.15, -0.1) is 0 Å². The Kier molecular flexibility index (Phi) is 4.62. The summed E-state index contributed by atoms with van der Waals surface area (Å²) in [7, 11) is -3.12. The van der Waals surface area contributed by atoms with Gasteiger partial charge in [-0.2, -0.15) is 0 Å². The number of carbonyl (C=O) groups is 1. The van der Waals surface area contributed by atoms with E-state index in [0.717, 1.165) is 6.07 Å². The maximum absolute atomic E-state index is 13.3. The smallest absolute Gasteiger partial charge is 0.165 e. The zero-order valence-electron chi connectivity index (χ0n) is 9.35. The molecule has 1 rings (SSSR count). The zero-order valence-corrected chi connectivity index (χ0v) is 10.2. The third kappa shape index (κ3) is 4.14. The van der Waals surface area contributed by atoms with Crippen molar-refractivity contribution in [1.29, 1.82) is 0 Å². The Bertz CT molecular complexity index is 496. The van der Waals surface area contributed by atoms with Crippen molar-refractivity contribution >= 4 is 16.1 Å². The van der Waals surface area contributed by atoms with Gasteiger partial charge in [0, 0.05) is 11.3 Å². The van der Waals surface area contributed by atoms with Crippen LogP contribution >= 0.6 is 0 Å². The van der Waals surface area contributed by atoms with E-state index in [-0.39, 0.29) is 29.4 Å². The molecule has 0 saturated heterocycles. The summed E-state index contributed by atoms with van der Waals surface area (Å²) in [6.45, 7) is 1.43. The van der Waals surface area contributed by atoms with E-state index >= 15 is 0 Å². The molecule has 6 heteroatoms. The lowest BCUT2D eigenvalue weighted by Gasteiger charge is -2.07. The SMILES string of the molecule is CCS(=O)(=O)CCOc1ccc(C=O)cc1F. The second-order valence-corrected chi connectivity index (χ2v) is 5.87. The molecule has 94 valence electrons. The topological polar surface area (TPSA) is 60.4 Å². The Morgan fingerprint density at radius 1 is 1.41 bits per heavy atom. The van der Waals surface area contributed by atoms with Gasteiger partial charge in [-0.25, -0.2) is 12.8 Å². The van der Waals surface area contributed by atoms with Crippen LogP contribution in [0.5, 0.6) is 5.75 Å². The molecule has 0 aliphatic heterocycles. The predicted octanol–water partition coefficient (Wildman–Crippen LogP) is 1.45. The highest BCUT2D eigenvalue weighted by atomic mass is 32.2. The second-order valence-electron chi connectivity index (χ2n) is 3.39. The average molecular weight is 260 g/mol. The highest BCUT2D eigenvalue weighted by Crippen LogP contribution is 2.17. The fraction of sp³-hybridized carbons (Fsp3) is 0.364. The Labute approximate surface area is 99.3 Å². The summed E-state index contributed by atoms with van der Waals surface area (Å²) in [4.78, 5) is 10.4. The quantitative estimate of drug-likeness (QED) is 0.726. The van der Waals surface area contributed by atoms with Gasteiger partial charge >= 0.3 is 0 Å². The van der Waals surface area contributed by atoms with Crippen LogP contribution in [-0.4, -0.2) is 32.8 Å². The van der Waals surface area contributed by atoms with Crippen molar-refractivity contribution in [2.24, 2.45) is 0 Å². The Morgan fingerprint density at radius 3 is 2.65 bits per heavy atom. The lowest BCUT2D eigenvalue weighted by molar-refractivity contribution is 0.112. The fourth-order valence-corrected chi connectivity index (χ4v) is 1.76. The normalized spacial score (nSPS) is 11.2. The number of hydrogen-bond donors (Lipinski definition) is 0. The summed E-state index contributed by atoms with van der Waals surface area (Å²) in [6.07, 6.45) is 0.522. The van der Waals surface area contributed by atoms with Crippen molar-refractivity contribution < 1.29 is 22.3 Å². The van der Waals surface area contributed by atoms with Gasteiger partial charge < -0.3 is 4.74 Å². The minimum Gasteiger partial charge on any atom is -0.489 e. The van der Waals surface area contributed by atoms with Crippen LogP contribution in [0.25, 0.3) is 0 Å². The standard InChI is InChI=1S/C11H13FO4S/c1-2-17(14,15)6-5-16-11-4-3-9(8-13)7-10(11)12/h3-4,7-8H,2,5-6H2,1H3. The summed E-state index contributed by atoms with van der Waals surface area (Å²) in [5.41, 5.74) is 0.205. The molecule has 0 spiro atoms. The van der Waals surface area contributed by atoms with Crippen LogP contribution in [0.3, 0.4) is 0 Å². The summed E-state index contributed by atoms with van der Waals surface area (Å²) >= 11 is 0. The molecule has 0 aliphatic rings. The van der Waals surface area contributed by atoms with Crippen molar-refractivity contribution in [2.75, 3.05) is 18.1 Å². The van der Waals surface area contributed by atoms with Crippen LogP contribution in [0.2, 0.25) is 0 Å². The van der Waals surface area contributed by atoms with Gasteiger partial charge in [0.25, 0.3) is 0 Å². The van der Waals surface area contributed by atoms with Crippen molar-refractivity contribution in [1.82, 2.24) is 0 Å². The molecule has 1 aromatic rings. The third-order valence-electron chi connectivity index (χ3n) is 2.18. The van der Waals surface area contributed by atoms with Crippen LogP contribution < -0.4 is 4.74 Å². The first-order valence-electron chi connectivity index (χ1n) is 5.06. The highest BCUT2D eigenvalue weighted by Gasteiger charge is 2.09. The molecule has 0 N–H and O–H groups in total. The second kappa shape index (κ2) is 5.77. The van der Waals surface area contributed by atoms with Crippen LogP contribution in [0.15, 0.2) is 18.2 Å². The molecule has 0 bridgehead atoms. The molecular formula is C11H13FO4S. The number of sulfone groups is 1. The monoisotopic (exact) mass is 260 g/mol. The van der Waals surface area contributed by atoms with E-state index in [1.165, 1.54) is 19.1 Å². The number of benzene rings is 1. The van der Waals surface area contributed by atoms with Crippen molar-refractivity contribution in [3.63, 3.8) is 0 Å². The lowest BCUT2D eigenvalue weighted by Crippen LogP contribution is -2.15. The number of rotatable bonds is 6. The Hall–Kier alpha value is -1.43. The molecule has 0 unspecified atom stereocenters. The lowest BCUT2D eigenvalue weighted by atomic mass is 10.2. The number of halogens is 1. The maximum Gasteiger partial charge on any atom is 0.165 e. The van der Waals surface area contributed by atoms with Crippen LogP contribution in [0, 0.1) is 5.82 Å². The van der Waals surface area contributed by atoms with Gasteiger partial charge in [0.2, 0.25) is 0 Å². The molecule has 0 fully saturated rings. The summed E-state index contributed by atoms with van der Waals surface area (Å²) in [6, 6.07) is 3.74. The molecule has 0 radical (unpaired) electrons. The minimum atomic E-state index is -3.12. The molecular weight excluding hydrogens is 247 g/mol. The van der Waals surface area contributed by atoms with Gasteiger partial charge in [0.05, 0.1) is 5.75 Å². The molecule has 0 heterocycles. The summed E-state index contributed by atoms with van der Waals surface area (Å²) < 4.78 is 40.6. The molecule has 4 nitrogen and oxygen atoms in total. The van der Waals surface area contributed by atoms with E-state index in [1.54, 1.807) is 0 Å². The number of ether oxygens (including phenoxy) is 1. The predicted molar refractivity (Wildman–Crippen MR) is 61.6 cm³/mol. The molecule has 0 amide bonds. The molecule has 0 aromatic heterocycles. The first kappa shape index (κ1) is 13.6. The highest BCUT2D eigenvalue weighted by molar-refractivity contribution is 7.91. The van der Waals surface area contributed by atoms with Gasteiger partial charge in [0.1, 0.15) is 12.9 Å². The summed E-state index contributed by atoms with van der Waals surface area (Å²) in [5.74, 6) is -0.855. The van der Waals surface area contributed by atoms with E-state index in [4.69, 9.17) is 4.74 Å². The van der Waals surface area contributed by atoms with Gasteiger partial charge in [-0.05, 0) is 18.2 Å². The van der Waals surface area contributed by atoms with Crippen LogP contribution in [0.1, 0.15) is 17.3 Å². The van der Waals surface area contributed by atoms with Gasteiger partial charge in [-0.3, -0.25) is 4.79 Å². The van der Waals surface area contributed by atoms with E-state index in [1.807, 2.05) is 0 Å². The van der Waals surface area contributed by atoms with E-state index in [2.05, 4.69) is 0 Å². The molecule has 0 atom stereocenters. The van der Waals surface area contributed by atoms with Crippen LogP contribution in [0.4, 0.5) is 4.39 Å². The Balaban J connectivity index is 2.61. The van der Waals surface area contributed by atoms with E-state index < -0.39 is 15.7 Å². The largest absolute Gasteiger partial charge is 0.489 e. The van der Waals surface area contributed by atoms with Gasteiger partial charge in [-0.1, -0.05) is 6.92 Å². The number of hydrogen-bond acceptors (Lipinski definition) is 4. The van der Waals surface area contributed by atoms with Crippen molar-refractivity contribution in [3.05, 3.63) is 29.6 Å². The molecule has 0 saturated carbocycles. The van der Waals surface area contributed by atoms with E-state index in [0.29, 0.717) is 6.29 Å². The molecule has 1 aromatic carbocycles. The third-order valence-corrected chi connectivity index (χ3v) is 3.85. The van der Waals surface area contributed by atoms with Crippen molar-refractivity contribution in [3.8, 4) is 5.75 Å². The van der Waals surface area contributed by atoms with E-state index in [9.17, 15) is 17.6 Å².